The first-order valence-corrected chi connectivity index (χ1v) is 7.30. The van der Waals surface area contributed by atoms with Crippen molar-refractivity contribution in [3.8, 4) is 0 Å². The summed E-state index contributed by atoms with van der Waals surface area (Å²) in [5.41, 5.74) is 5.19. The van der Waals surface area contributed by atoms with E-state index >= 15 is 0 Å². The second kappa shape index (κ2) is 6.19. The summed E-state index contributed by atoms with van der Waals surface area (Å²) in [7, 11) is -1.04. The number of hydrogen-bond donors (Lipinski definition) is 2. The quantitative estimate of drug-likeness (QED) is 0.812. The summed E-state index contributed by atoms with van der Waals surface area (Å²) in [6.07, 6.45) is 1.53. The Morgan fingerprint density at radius 1 is 1.50 bits per heavy atom. The zero-order chi connectivity index (χ0) is 13.9. The van der Waals surface area contributed by atoms with Gasteiger partial charge in [0.1, 0.15) is 22.3 Å². The fourth-order valence-corrected chi connectivity index (χ4v) is 2.40. The van der Waals surface area contributed by atoms with E-state index in [0.717, 1.165) is 12.1 Å². The van der Waals surface area contributed by atoms with E-state index in [4.69, 9.17) is 5.73 Å². The lowest BCUT2D eigenvalue weighted by atomic mass is 10.1. The van der Waals surface area contributed by atoms with Crippen LogP contribution in [0.5, 0.6) is 0 Å². The fourth-order valence-electron chi connectivity index (χ4n) is 1.49. The van der Waals surface area contributed by atoms with Crippen molar-refractivity contribution >= 4 is 33.7 Å². The third kappa shape index (κ3) is 3.99. The molecule has 3 nitrogen and oxygen atoms in total. The van der Waals surface area contributed by atoms with Gasteiger partial charge in [0.05, 0.1) is 0 Å². The summed E-state index contributed by atoms with van der Waals surface area (Å²) >= 11 is 4.65. The van der Waals surface area contributed by atoms with Gasteiger partial charge in [-0.15, -0.1) is 0 Å². The summed E-state index contributed by atoms with van der Waals surface area (Å²) in [6.45, 7) is 1.70. The molecule has 7 heteroatoms. The Kier molecular flexibility index (Phi) is 5.15. The molecule has 1 aromatic carbocycles. The normalized spacial score (nSPS) is 14.0. The summed E-state index contributed by atoms with van der Waals surface area (Å²) in [5.74, 6) is -1.24. The maximum absolute atomic E-state index is 13.7. The van der Waals surface area contributed by atoms with Crippen molar-refractivity contribution < 1.29 is 13.0 Å². The number of hydrogen-bond acceptors (Lipinski definition) is 3. The second-order valence-electron chi connectivity index (χ2n) is 3.96. The SMILES string of the molecule is CC(CS(C)=O)Nc1c(F)cc(C(N)=S)cc1F. The first kappa shape index (κ1) is 15.0. The predicted molar refractivity (Wildman–Crippen MR) is 74.3 cm³/mol. The first-order chi connectivity index (χ1) is 8.31. The molecule has 0 radical (unpaired) electrons. The van der Waals surface area contributed by atoms with Gasteiger partial charge in [-0.3, -0.25) is 4.21 Å². The van der Waals surface area contributed by atoms with Gasteiger partial charge in [-0.05, 0) is 19.1 Å². The molecule has 0 aliphatic rings. The Morgan fingerprint density at radius 3 is 2.39 bits per heavy atom. The van der Waals surface area contributed by atoms with E-state index in [-0.39, 0.29) is 22.3 Å². The Balaban J connectivity index is 2.96. The molecule has 2 atom stereocenters. The lowest BCUT2D eigenvalue weighted by molar-refractivity contribution is 0.584. The molecule has 2 unspecified atom stereocenters. The molecule has 0 saturated heterocycles. The van der Waals surface area contributed by atoms with Crippen LogP contribution in [0.1, 0.15) is 12.5 Å². The summed E-state index contributed by atoms with van der Waals surface area (Å²) in [4.78, 5) is -0.0675. The molecule has 0 bridgehead atoms. The van der Waals surface area contributed by atoms with Crippen LogP contribution >= 0.6 is 12.2 Å². The average Bonchev–Trinajstić information content (AvgIpc) is 2.21. The third-order valence-electron chi connectivity index (χ3n) is 2.20. The van der Waals surface area contributed by atoms with Crippen LogP contribution in [0.4, 0.5) is 14.5 Å². The summed E-state index contributed by atoms with van der Waals surface area (Å²) < 4.78 is 38.4. The van der Waals surface area contributed by atoms with Crippen molar-refractivity contribution in [1.29, 1.82) is 0 Å². The highest BCUT2D eigenvalue weighted by Crippen LogP contribution is 2.21. The van der Waals surface area contributed by atoms with Crippen molar-refractivity contribution in [2.45, 2.75) is 13.0 Å². The van der Waals surface area contributed by atoms with E-state index in [1.54, 1.807) is 6.92 Å². The van der Waals surface area contributed by atoms with Crippen LogP contribution in [0.2, 0.25) is 0 Å². The molecule has 18 heavy (non-hydrogen) atoms. The number of nitrogens with one attached hydrogen (secondary N) is 1. The Labute approximate surface area is 112 Å². The number of thiocarbonyl (C=S) groups is 1. The monoisotopic (exact) mass is 292 g/mol. The number of nitrogens with two attached hydrogens (primary N) is 1. The average molecular weight is 292 g/mol. The van der Waals surface area contributed by atoms with Crippen LogP contribution in [-0.4, -0.2) is 27.2 Å². The molecule has 0 aliphatic carbocycles. The fraction of sp³-hybridized carbons (Fsp3) is 0.364. The molecule has 0 heterocycles. The van der Waals surface area contributed by atoms with Gasteiger partial charge in [-0.1, -0.05) is 12.2 Å². The Bertz CT molecular complexity index is 471. The Hall–Kier alpha value is -1.08. The van der Waals surface area contributed by atoms with Gasteiger partial charge >= 0.3 is 0 Å². The van der Waals surface area contributed by atoms with Gasteiger partial charge in [-0.2, -0.15) is 0 Å². The minimum atomic E-state index is -1.04. The molecular weight excluding hydrogens is 278 g/mol. The van der Waals surface area contributed by atoms with Crippen LogP contribution in [0.15, 0.2) is 12.1 Å². The van der Waals surface area contributed by atoms with E-state index in [2.05, 4.69) is 17.5 Å². The van der Waals surface area contributed by atoms with Gasteiger partial charge in [0, 0.05) is 34.4 Å². The molecule has 0 amide bonds. The van der Waals surface area contributed by atoms with Crippen molar-refractivity contribution in [3.63, 3.8) is 0 Å². The molecule has 3 N–H and O–H groups in total. The molecule has 1 rings (SSSR count). The second-order valence-corrected chi connectivity index (χ2v) is 5.88. The van der Waals surface area contributed by atoms with E-state index in [1.165, 1.54) is 6.26 Å². The van der Waals surface area contributed by atoms with Crippen LogP contribution in [0.25, 0.3) is 0 Å². The summed E-state index contributed by atoms with van der Waals surface area (Å²) in [5, 5.41) is 2.65. The first-order valence-electron chi connectivity index (χ1n) is 5.16. The maximum Gasteiger partial charge on any atom is 0.150 e. The smallest absolute Gasteiger partial charge is 0.150 e. The highest BCUT2D eigenvalue weighted by atomic mass is 32.2. The topological polar surface area (TPSA) is 55.1 Å². The van der Waals surface area contributed by atoms with Crippen LogP contribution in [0, 0.1) is 11.6 Å². The van der Waals surface area contributed by atoms with E-state index in [9.17, 15) is 13.0 Å². The molecular formula is C11H14F2N2OS2. The van der Waals surface area contributed by atoms with Crippen LogP contribution < -0.4 is 11.1 Å². The minimum Gasteiger partial charge on any atom is -0.389 e. The molecule has 0 aromatic heterocycles. The molecule has 0 fully saturated rings. The van der Waals surface area contributed by atoms with Gasteiger partial charge < -0.3 is 11.1 Å². The standard InChI is InChI=1S/C11H14F2N2OS2/c1-6(5-18(2)16)15-10-8(12)3-7(11(14)17)4-9(10)13/h3-4,6,15H,5H2,1-2H3,(H2,14,17). The van der Waals surface area contributed by atoms with Gasteiger partial charge in [-0.25, -0.2) is 8.78 Å². The summed E-state index contributed by atoms with van der Waals surface area (Å²) in [6, 6.07) is 1.84. The highest BCUT2D eigenvalue weighted by molar-refractivity contribution is 7.84. The van der Waals surface area contributed by atoms with Crippen molar-refractivity contribution in [1.82, 2.24) is 0 Å². The van der Waals surface area contributed by atoms with Crippen LogP contribution in [0.3, 0.4) is 0 Å². The van der Waals surface area contributed by atoms with Crippen molar-refractivity contribution in [3.05, 3.63) is 29.3 Å². The number of benzene rings is 1. The van der Waals surface area contributed by atoms with Gasteiger partial charge in [0.15, 0.2) is 0 Å². The Morgan fingerprint density at radius 2 is 2.00 bits per heavy atom. The van der Waals surface area contributed by atoms with E-state index in [1.807, 2.05) is 0 Å². The maximum atomic E-state index is 13.7. The number of halogens is 2. The van der Waals surface area contributed by atoms with Crippen molar-refractivity contribution in [2.24, 2.45) is 5.73 Å². The lowest BCUT2D eigenvalue weighted by Gasteiger charge is -2.15. The van der Waals surface area contributed by atoms with E-state index < -0.39 is 22.4 Å². The number of anilines is 1. The van der Waals surface area contributed by atoms with Gasteiger partial charge in [0.2, 0.25) is 0 Å². The lowest BCUT2D eigenvalue weighted by Crippen LogP contribution is -2.24. The largest absolute Gasteiger partial charge is 0.389 e. The predicted octanol–water partition coefficient (Wildman–Crippen LogP) is 1.78. The highest BCUT2D eigenvalue weighted by Gasteiger charge is 2.15. The third-order valence-corrected chi connectivity index (χ3v) is 3.41. The minimum absolute atomic E-state index is 0.0675. The molecule has 100 valence electrons. The zero-order valence-electron chi connectivity index (χ0n) is 10.00. The molecule has 0 spiro atoms. The van der Waals surface area contributed by atoms with E-state index in [0.29, 0.717) is 5.75 Å². The van der Waals surface area contributed by atoms with Crippen molar-refractivity contribution in [2.75, 3.05) is 17.3 Å². The van der Waals surface area contributed by atoms with Gasteiger partial charge in [0.25, 0.3) is 0 Å². The molecule has 1 aromatic rings. The zero-order valence-corrected chi connectivity index (χ0v) is 11.6. The van der Waals surface area contributed by atoms with Crippen LogP contribution in [-0.2, 0) is 10.8 Å². The molecule has 0 saturated carbocycles. The number of rotatable bonds is 5. The molecule has 0 aliphatic heterocycles.